The minimum atomic E-state index is 0.395. The Morgan fingerprint density at radius 3 is 2.27 bits per heavy atom. The molecule has 3 aromatic rings. The van der Waals surface area contributed by atoms with Crippen molar-refractivity contribution in [3.8, 4) is 16.9 Å². The monoisotopic (exact) mass is 361 g/mol. The van der Waals surface area contributed by atoms with Gasteiger partial charge in [0.2, 0.25) is 0 Å². The number of ether oxygens (including phenoxy) is 1. The molecule has 3 rings (SSSR count). The maximum atomic E-state index is 5.28. The molecule has 0 saturated heterocycles. The summed E-state index contributed by atoms with van der Waals surface area (Å²) in [5.74, 6) is 0.720. The van der Waals surface area contributed by atoms with Gasteiger partial charge in [0.15, 0.2) is 5.11 Å². The van der Waals surface area contributed by atoms with Gasteiger partial charge in [0.25, 0.3) is 0 Å². The fourth-order valence-corrected chi connectivity index (χ4v) is 2.62. The highest BCUT2D eigenvalue weighted by atomic mass is 32.1. The van der Waals surface area contributed by atoms with E-state index in [1.165, 1.54) is 11.1 Å². The van der Waals surface area contributed by atoms with E-state index in [0.29, 0.717) is 5.11 Å². The third kappa shape index (κ3) is 4.68. The number of methoxy groups -OCH3 is 1. The first-order valence-electron chi connectivity index (χ1n) is 8.15. The van der Waals surface area contributed by atoms with E-state index in [4.69, 9.17) is 17.0 Å². The molecule has 0 heterocycles. The normalized spacial score (nSPS) is 10.5. The van der Waals surface area contributed by atoms with Crippen LogP contribution in [0, 0.1) is 0 Å². The number of hydrogen-bond donors (Lipinski definition) is 2. The van der Waals surface area contributed by atoms with Crippen LogP contribution in [0.1, 0.15) is 5.56 Å². The van der Waals surface area contributed by atoms with E-state index in [1.54, 1.807) is 13.3 Å². The number of rotatable bonds is 5. The predicted octanol–water partition coefficient (Wildman–Crippen LogP) is 4.68. The van der Waals surface area contributed by atoms with Crippen LogP contribution >= 0.6 is 12.2 Å². The van der Waals surface area contributed by atoms with Gasteiger partial charge in [-0.1, -0.05) is 66.7 Å². The molecule has 26 heavy (non-hydrogen) atoms. The van der Waals surface area contributed by atoms with Crippen molar-refractivity contribution in [2.45, 2.75) is 0 Å². The van der Waals surface area contributed by atoms with Crippen molar-refractivity contribution in [2.75, 3.05) is 12.4 Å². The van der Waals surface area contributed by atoms with E-state index in [9.17, 15) is 0 Å². The highest BCUT2D eigenvalue weighted by Crippen LogP contribution is 2.22. The van der Waals surface area contributed by atoms with Crippen LogP contribution in [0.15, 0.2) is 84.0 Å². The van der Waals surface area contributed by atoms with Crippen LogP contribution in [0.4, 0.5) is 5.69 Å². The first-order chi connectivity index (χ1) is 12.8. The molecule has 0 bridgehead atoms. The predicted molar refractivity (Wildman–Crippen MR) is 112 cm³/mol. The Balaban J connectivity index is 1.57. The van der Waals surface area contributed by atoms with E-state index in [1.807, 2.05) is 54.6 Å². The van der Waals surface area contributed by atoms with Crippen LogP contribution in [0.5, 0.6) is 5.75 Å². The molecule has 0 aliphatic carbocycles. The summed E-state index contributed by atoms with van der Waals surface area (Å²) < 4.78 is 5.28. The Labute approximate surface area is 158 Å². The largest absolute Gasteiger partial charge is 0.495 e. The Morgan fingerprint density at radius 1 is 0.885 bits per heavy atom. The van der Waals surface area contributed by atoms with Crippen molar-refractivity contribution in [3.05, 3.63) is 84.4 Å². The SMILES string of the molecule is COc1ccccc1NC(=S)N/N=C\c1ccc(-c2ccccc2)cc1. The number of nitrogens with zero attached hydrogens (tertiary/aromatic N) is 1. The van der Waals surface area contributed by atoms with Crippen molar-refractivity contribution in [2.24, 2.45) is 5.10 Å². The van der Waals surface area contributed by atoms with Gasteiger partial charge in [-0.15, -0.1) is 0 Å². The molecule has 0 radical (unpaired) electrons. The van der Waals surface area contributed by atoms with Gasteiger partial charge in [-0.25, -0.2) is 0 Å². The molecular formula is C21H19N3OS. The van der Waals surface area contributed by atoms with E-state index < -0.39 is 0 Å². The molecule has 0 aromatic heterocycles. The van der Waals surface area contributed by atoms with Crippen LogP contribution in [-0.4, -0.2) is 18.4 Å². The van der Waals surface area contributed by atoms with E-state index in [2.05, 4.69) is 40.1 Å². The zero-order chi connectivity index (χ0) is 18.2. The molecule has 0 fully saturated rings. The molecule has 0 unspecified atom stereocenters. The average molecular weight is 361 g/mol. The molecule has 2 N–H and O–H groups in total. The summed E-state index contributed by atoms with van der Waals surface area (Å²) in [6.45, 7) is 0. The molecule has 0 saturated carbocycles. The summed E-state index contributed by atoms with van der Waals surface area (Å²) in [5, 5.41) is 7.63. The molecule has 130 valence electrons. The van der Waals surface area contributed by atoms with Gasteiger partial charge < -0.3 is 10.1 Å². The van der Waals surface area contributed by atoms with E-state index >= 15 is 0 Å². The second kappa shape index (κ2) is 8.78. The second-order valence-electron chi connectivity index (χ2n) is 5.51. The Bertz CT molecular complexity index is 893. The molecule has 0 amide bonds. The Morgan fingerprint density at radius 2 is 1.54 bits per heavy atom. The lowest BCUT2D eigenvalue weighted by Crippen LogP contribution is -2.24. The summed E-state index contributed by atoms with van der Waals surface area (Å²) in [5.41, 5.74) is 6.94. The van der Waals surface area contributed by atoms with Crippen molar-refractivity contribution >= 4 is 29.2 Å². The summed E-state index contributed by atoms with van der Waals surface area (Å²) in [7, 11) is 1.62. The fourth-order valence-electron chi connectivity index (χ4n) is 2.46. The third-order valence-corrected chi connectivity index (χ3v) is 3.95. The summed E-state index contributed by atoms with van der Waals surface area (Å²) in [4.78, 5) is 0. The van der Waals surface area contributed by atoms with E-state index in [0.717, 1.165) is 17.0 Å². The number of para-hydroxylation sites is 2. The lowest BCUT2D eigenvalue weighted by Gasteiger charge is -2.10. The third-order valence-electron chi connectivity index (χ3n) is 3.75. The van der Waals surface area contributed by atoms with Gasteiger partial charge in [-0.3, -0.25) is 5.43 Å². The first kappa shape index (κ1) is 17.6. The van der Waals surface area contributed by atoms with Gasteiger partial charge in [0.1, 0.15) is 5.75 Å². The zero-order valence-electron chi connectivity index (χ0n) is 14.3. The van der Waals surface area contributed by atoms with Crippen molar-refractivity contribution < 1.29 is 4.74 Å². The van der Waals surface area contributed by atoms with Crippen molar-refractivity contribution in [1.82, 2.24) is 5.43 Å². The number of thiocarbonyl (C=S) groups is 1. The van der Waals surface area contributed by atoms with Crippen LogP contribution in [-0.2, 0) is 0 Å². The molecule has 4 nitrogen and oxygen atoms in total. The lowest BCUT2D eigenvalue weighted by molar-refractivity contribution is 0.417. The summed E-state index contributed by atoms with van der Waals surface area (Å²) in [6.07, 6.45) is 1.73. The summed E-state index contributed by atoms with van der Waals surface area (Å²) in [6, 6.07) is 26.0. The smallest absolute Gasteiger partial charge is 0.191 e. The van der Waals surface area contributed by atoms with Gasteiger partial charge >= 0.3 is 0 Å². The van der Waals surface area contributed by atoms with Crippen LogP contribution in [0.2, 0.25) is 0 Å². The lowest BCUT2D eigenvalue weighted by atomic mass is 10.0. The maximum Gasteiger partial charge on any atom is 0.191 e. The molecule has 0 spiro atoms. The van der Waals surface area contributed by atoms with Crippen molar-refractivity contribution in [1.29, 1.82) is 0 Å². The average Bonchev–Trinajstić information content (AvgIpc) is 2.69. The molecule has 0 aliphatic rings. The minimum Gasteiger partial charge on any atom is -0.495 e. The number of nitrogens with one attached hydrogen (secondary N) is 2. The van der Waals surface area contributed by atoms with Gasteiger partial charge in [-0.2, -0.15) is 5.10 Å². The highest BCUT2D eigenvalue weighted by Gasteiger charge is 2.02. The Hall–Kier alpha value is -3.18. The standard InChI is InChI=1S/C21H19N3OS/c1-25-20-10-6-5-9-19(20)23-21(26)24-22-15-16-11-13-18(14-12-16)17-7-3-2-4-8-17/h2-15H,1H3,(H2,23,24,26)/b22-15-. The zero-order valence-corrected chi connectivity index (χ0v) is 15.2. The van der Waals surface area contributed by atoms with Crippen LogP contribution in [0.25, 0.3) is 11.1 Å². The van der Waals surface area contributed by atoms with Gasteiger partial charge in [0.05, 0.1) is 19.0 Å². The van der Waals surface area contributed by atoms with Gasteiger partial charge in [0, 0.05) is 0 Å². The van der Waals surface area contributed by atoms with Crippen LogP contribution in [0.3, 0.4) is 0 Å². The quantitative estimate of drug-likeness (QED) is 0.393. The maximum absolute atomic E-state index is 5.28. The molecule has 0 aliphatic heterocycles. The topological polar surface area (TPSA) is 45.6 Å². The molecule has 5 heteroatoms. The molecule has 3 aromatic carbocycles. The fraction of sp³-hybridized carbons (Fsp3) is 0.0476. The summed E-state index contributed by atoms with van der Waals surface area (Å²) >= 11 is 5.25. The highest BCUT2D eigenvalue weighted by molar-refractivity contribution is 7.80. The van der Waals surface area contributed by atoms with E-state index in [-0.39, 0.29) is 0 Å². The number of hydrogen-bond acceptors (Lipinski definition) is 3. The molecule has 0 atom stereocenters. The van der Waals surface area contributed by atoms with Crippen molar-refractivity contribution in [3.63, 3.8) is 0 Å². The van der Waals surface area contributed by atoms with Gasteiger partial charge in [-0.05, 0) is 41.0 Å². The number of hydrazone groups is 1. The number of benzene rings is 3. The Kier molecular flexibility index (Phi) is 5.96. The number of anilines is 1. The minimum absolute atomic E-state index is 0.395. The first-order valence-corrected chi connectivity index (χ1v) is 8.55. The second-order valence-corrected chi connectivity index (χ2v) is 5.92. The van der Waals surface area contributed by atoms with Crippen LogP contribution < -0.4 is 15.5 Å². The molecular weight excluding hydrogens is 342 g/mol.